The Morgan fingerprint density at radius 2 is 2.17 bits per heavy atom. The molecule has 0 aromatic carbocycles. The highest BCUT2D eigenvalue weighted by Gasteiger charge is 2.61. The minimum Gasteiger partial charge on any atom is -0.325 e. The van der Waals surface area contributed by atoms with E-state index in [-0.39, 0.29) is 5.54 Å². The molecule has 0 saturated heterocycles. The Morgan fingerprint density at radius 1 is 1.33 bits per heavy atom. The lowest BCUT2D eigenvalue weighted by Crippen LogP contribution is -2.48. The molecular weight excluding hydrogens is 167 g/mol. The number of rotatable bonds is 1. The van der Waals surface area contributed by atoms with Crippen molar-refractivity contribution in [2.45, 2.75) is 43.2 Å². The van der Waals surface area contributed by atoms with Crippen molar-refractivity contribution in [3.63, 3.8) is 0 Å². The number of nitrogens with one attached hydrogen (secondary N) is 1. The summed E-state index contributed by atoms with van der Waals surface area (Å²) in [6, 6.07) is 0. The molecule has 0 aliphatic heterocycles. The van der Waals surface area contributed by atoms with E-state index in [1.165, 1.54) is 32.1 Å². The molecule has 0 heterocycles. The van der Waals surface area contributed by atoms with Crippen molar-refractivity contribution in [1.82, 2.24) is 5.09 Å². The fourth-order valence-corrected chi connectivity index (χ4v) is 4.47. The van der Waals surface area contributed by atoms with E-state index in [2.05, 4.69) is 14.5 Å². The molecule has 5 unspecified atom stereocenters. The lowest BCUT2D eigenvalue weighted by atomic mass is 9.75. The van der Waals surface area contributed by atoms with Crippen molar-refractivity contribution < 1.29 is 0 Å². The largest absolute Gasteiger partial charge is 0.325 e. The highest BCUT2D eigenvalue weighted by atomic mass is 31.0. The van der Waals surface area contributed by atoms with Crippen molar-refractivity contribution in [1.29, 1.82) is 0 Å². The molecule has 4 aliphatic carbocycles. The Bertz CT molecular complexity index is 233. The first-order chi connectivity index (χ1) is 5.66. The van der Waals surface area contributed by atoms with Crippen LogP contribution in [-0.4, -0.2) is 11.1 Å². The fraction of sp³-hybridized carbons (Fsp3) is 1.00. The molecule has 4 bridgehead atoms. The Kier molecular flexibility index (Phi) is 1.32. The zero-order valence-electron chi connectivity index (χ0n) is 7.34. The van der Waals surface area contributed by atoms with Gasteiger partial charge in [0.1, 0.15) is 0 Å². The van der Waals surface area contributed by atoms with Crippen LogP contribution in [0.2, 0.25) is 0 Å². The standard InChI is InChI=1S/C9H17N2P/c10-9-3-6-1-7(9)4-8(2-6,5-9)11-12/h6-7,11H,1-5,10,12H2. The molecule has 3 heteroatoms. The monoisotopic (exact) mass is 184 g/mol. The summed E-state index contributed by atoms with van der Waals surface area (Å²) < 4.78 is 0. The van der Waals surface area contributed by atoms with Gasteiger partial charge in [0.05, 0.1) is 0 Å². The van der Waals surface area contributed by atoms with Crippen LogP contribution in [0.4, 0.5) is 0 Å². The second-order valence-electron chi connectivity index (χ2n) is 5.25. The molecule has 0 aromatic rings. The molecule has 4 rings (SSSR count). The molecular formula is C9H17N2P. The summed E-state index contributed by atoms with van der Waals surface area (Å²) in [6.45, 7) is 0. The second kappa shape index (κ2) is 2.05. The van der Waals surface area contributed by atoms with Gasteiger partial charge in [0.15, 0.2) is 0 Å². The van der Waals surface area contributed by atoms with Crippen LogP contribution in [0, 0.1) is 11.8 Å². The maximum absolute atomic E-state index is 6.40. The van der Waals surface area contributed by atoms with Gasteiger partial charge in [-0.1, -0.05) is 9.39 Å². The van der Waals surface area contributed by atoms with Gasteiger partial charge < -0.3 is 5.73 Å². The molecule has 4 saturated carbocycles. The quantitative estimate of drug-likeness (QED) is 0.597. The Hall–Kier alpha value is 0.350. The first kappa shape index (κ1) is 7.73. The average Bonchev–Trinajstić information content (AvgIpc) is 2.33. The molecule has 3 N–H and O–H groups in total. The average molecular weight is 184 g/mol. The SMILES string of the molecule is NC12CC3CC1CC(NP)(C3)C2. The Labute approximate surface area is 75.9 Å². The number of nitrogens with two attached hydrogens (primary N) is 1. The molecule has 5 atom stereocenters. The van der Waals surface area contributed by atoms with Crippen LogP contribution in [0.3, 0.4) is 0 Å². The highest BCUT2D eigenvalue weighted by Crippen LogP contribution is 2.61. The zero-order valence-corrected chi connectivity index (χ0v) is 8.50. The molecule has 0 radical (unpaired) electrons. The van der Waals surface area contributed by atoms with E-state index in [9.17, 15) is 0 Å². The molecule has 0 spiro atoms. The minimum absolute atomic E-state index is 0.215. The van der Waals surface area contributed by atoms with Crippen LogP contribution >= 0.6 is 9.39 Å². The molecule has 12 heavy (non-hydrogen) atoms. The second-order valence-corrected chi connectivity index (χ2v) is 5.53. The maximum atomic E-state index is 6.40. The summed E-state index contributed by atoms with van der Waals surface area (Å²) in [5.41, 5.74) is 7.02. The van der Waals surface area contributed by atoms with E-state index in [4.69, 9.17) is 5.73 Å². The van der Waals surface area contributed by atoms with Gasteiger partial charge in [-0.2, -0.15) is 0 Å². The minimum atomic E-state index is 0.215. The molecule has 4 fully saturated rings. The van der Waals surface area contributed by atoms with Crippen LogP contribution in [0.1, 0.15) is 32.1 Å². The van der Waals surface area contributed by atoms with Gasteiger partial charge in [0.2, 0.25) is 0 Å². The summed E-state index contributed by atoms with van der Waals surface area (Å²) in [4.78, 5) is 0. The van der Waals surface area contributed by atoms with Crippen LogP contribution < -0.4 is 10.8 Å². The normalized spacial score (nSPS) is 61.5. The lowest BCUT2D eigenvalue weighted by Gasteiger charge is -2.39. The van der Waals surface area contributed by atoms with Crippen molar-refractivity contribution in [3.8, 4) is 0 Å². The van der Waals surface area contributed by atoms with Crippen molar-refractivity contribution in [2.75, 3.05) is 0 Å². The highest BCUT2D eigenvalue weighted by molar-refractivity contribution is 7.13. The Morgan fingerprint density at radius 3 is 2.75 bits per heavy atom. The summed E-state index contributed by atoms with van der Waals surface area (Å²) in [5, 5.41) is 3.43. The first-order valence-corrected chi connectivity index (χ1v) is 5.50. The number of hydrogen-bond donors (Lipinski definition) is 2. The van der Waals surface area contributed by atoms with Crippen molar-refractivity contribution in [3.05, 3.63) is 0 Å². The van der Waals surface area contributed by atoms with Gasteiger partial charge in [-0.25, -0.2) is 0 Å². The van der Waals surface area contributed by atoms with Crippen molar-refractivity contribution >= 4 is 9.39 Å². The summed E-state index contributed by atoms with van der Waals surface area (Å²) in [5.74, 6) is 1.75. The van der Waals surface area contributed by atoms with E-state index < -0.39 is 0 Å². The third-order valence-electron chi connectivity index (χ3n) is 4.39. The van der Waals surface area contributed by atoms with Crippen LogP contribution in [-0.2, 0) is 0 Å². The van der Waals surface area contributed by atoms with E-state index >= 15 is 0 Å². The predicted octanol–water partition coefficient (Wildman–Crippen LogP) is 1.03. The molecule has 0 aromatic heterocycles. The fourth-order valence-electron chi connectivity index (χ4n) is 4.13. The molecule has 2 nitrogen and oxygen atoms in total. The van der Waals surface area contributed by atoms with Gasteiger partial charge in [-0.05, 0) is 43.9 Å². The summed E-state index contributed by atoms with van der Waals surface area (Å²) in [6.07, 6.45) is 6.61. The third kappa shape index (κ3) is 0.767. The molecule has 68 valence electrons. The third-order valence-corrected chi connectivity index (χ3v) is 5.00. The van der Waals surface area contributed by atoms with E-state index in [1.54, 1.807) is 0 Å². The van der Waals surface area contributed by atoms with Gasteiger partial charge in [-0.15, -0.1) is 0 Å². The van der Waals surface area contributed by atoms with Crippen LogP contribution in [0.15, 0.2) is 0 Å². The van der Waals surface area contributed by atoms with Gasteiger partial charge in [-0.3, -0.25) is 5.09 Å². The lowest BCUT2D eigenvalue weighted by molar-refractivity contribution is 0.210. The van der Waals surface area contributed by atoms with E-state index in [0.717, 1.165) is 11.8 Å². The molecule has 0 amide bonds. The smallest absolute Gasteiger partial charge is 0.0236 e. The van der Waals surface area contributed by atoms with Crippen LogP contribution in [0.5, 0.6) is 0 Å². The maximum Gasteiger partial charge on any atom is 0.0236 e. The summed E-state index contributed by atoms with van der Waals surface area (Å²) in [7, 11) is 2.69. The van der Waals surface area contributed by atoms with Crippen molar-refractivity contribution in [2.24, 2.45) is 17.6 Å². The number of hydrogen-bond acceptors (Lipinski definition) is 2. The predicted molar refractivity (Wildman–Crippen MR) is 52.6 cm³/mol. The molecule has 4 aliphatic rings. The first-order valence-electron chi connectivity index (χ1n) is 4.93. The van der Waals surface area contributed by atoms with Gasteiger partial charge in [0, 0.05) is 11.1 Å². The zero-order chi connectivity index (χ0) is 8.40. The van der Waals surface area contributed by atoms with E-state index in [1.807, 2.05) is 0 Å². The Balaban J connectivity index is 1.99. The topological polar surface area (TPSA) is 38.0 Å². The van der Waals surface area contributed by atoms with Crippen LogP contribution in [0.25, 0.3) is 0 Å². The van der Waals surface area contributed by atoms with E-state index in [0.29, 0.717) is 5.54 Å². The summed E-state index contributed by atoms with van der Waals surface area (Å²) >= 11 is 0. The van der Waals surface area contributed by atoms with Gasteiger partial charge >= 0.3 is 0 Å². The van der Waals surface area contributed by atoms with Gasteiger partial charge in [0.25, 0.3) is 0 Å².